The lowest BCUT2D eigenvalue weighted by Crippen LogP contribution is -2.31. The zero-order valence-electron chi connectivity index (χ0n) is 11.3. The molecule has 2 aromatic carbocycles. The highest BCUT2D eigenvalue weighted by atomic mass is 79.9. The summed E-state index contributed by atoms with van der Waals surface area (Å²) in [6.07, 6.45) is 0.288. The maximum Gasteiger partial charge on any atom is 0.238 e. The van der Waals surface area contributed by atoms with Crippen molar-refractivity contribution < 1.29 is 4.79 Å². The Bertz CT molecular complexity index is 649. The van der Waals surface area contributed by atoms with Gasteiger partial charge in [0.2, 0.25) is 5.91 Å². The van der Waals surface area contributed by atoms with Crippen molar-refractivity contribution in [3.05, 3.63) is 58.1 Å². The van der Waals surface area contributed by atoms with Gasteiger partial charge in [0, 0.05) is 20.8 Å². The molecular formula is C15H16BrN3OS. The predicted molar refractivity (Wildman–Crippen MR) is 90.6 cm³/mol. The maximum absolute atomic E-state index is 11.4. The summed E-state index contributed by atoms with van der Waals surface area (Å²) in [6.45, 7) is 0. The van der Waals surface area contributed by atoms with Gasteiger partial charge in [-0.05, 0) is 45.3 Å². The van der Waals surface area contributed by atoms with Crippen molar-refractivity contribution in [2.24, 2.45) is 5.84 Å². The monoisotopic (exact) mass is 365 g/mol. The van der Waals surface area contributed by atoms with Gasteiger partial charge in [-0.15, -0.1) is 11.8 Å². The fraction of sp³-hybridized carbons (Fsp3) is 0.133. The van der Waals surface area contributed by atoms with Gasteiger partial charge < -0.3 is 5.73 Å². The number of hydrogen-bond donors (Lipinski definition) is 3. The number of thioether (sulfide) groups is 1. The molecule has 0 radical (unpaired) electrons. The van der Waals surface area contributed by atoms with Gasteiger partial charge in [0.1, 0.15) is 0 Å². The van der Waals surface area contributed by atoms with Gasteiger partial charge in [0.15, 0.2) is 0 Å². The van der Waals surface area contributed by atoms with E-state index < -0.39 is 0 Å². The average Bonchev–Trinajstić information content (AvgIpc) is 2.47. The van der Waals surface area contributed by atoms with Crippen LogP contribution < -0.4 is 17.0 Å². The van der Waals surface area contributed by atoms with Crippen molar-refractivity contribution in [1.29, 1.82) is 0 Å². The van der Waals surface area contributed by atoms with Crippen molar-refractivity contribution >= 4 is 39.3 Å². The van der Waals surface area contributed by atoms with Gasteiger partial charge >= 0.3 is 0 Å². The van der Waals surface area contributed by atoms with Crippen LogP contribution in [-0.2, 0) is 17.0 Å². The summed E-state index contributed by atoms with van der Waals surface area (Å²) in [7, 11) is 0. The van der Waals surface area contributed by atoms with Crippen molar-refractivity contribution in [1.82, 2.24) is 5.43 Å². The molecular weight excluding hydrogens is 350 g/mol. The van der Waals surface area contributed by atoms with Crippen LogP contribution in [-0.4, -0.2) is 5.91 Å². The number of carbonyl (C=O) groups is 1. The van der Waals surface area contributed by atoms with Gasteiger partial charge in [-0.2, -0.15) is 0 Å². The van der Waals surface area contributed by atoms with E-state index in [1.165, 1.54) is 0 Å². The number of halogens is 1. The first-order valence-electron chi connectivity index (χ1n) is 6.34. The van der Waals surface area contributed by atoms with Gasteiger partial charge in [-0.1, -0.05) is 24.3 Å². The Balaban J connectivity index is 2.11. The van der Waals surface area contributed by atoms with Crippen LogP contribution in [0.25, 0.3) is 0 Å². The zero-order valence-corrected chi connectivity index (χ0v) is 13.7. The van der Waals surface area contributed by atoms with E-state index in [0.29, 0.717) is 0 Å². The fourth-order valence-electron chi connectivity index (χ4n) is 1.88. The molecule has 0 aliphatic carbocycles. The Morgan fingerprint density at radius 3 is 2.57 bits per heavy atom. The molecule has 0 aliphatic rings. The van der Waals surface area contributed by atoms with Crippen molar-refractivity contribution in [3.63, 3.8) is 0 Å². The molecule has 0 saturated carbocycles. The zero-order chi connectivity index (χ0) is 15.2. The van der Waals surface area contributed by atoms with E-state index in [-0.39, 0.29) is 12.3 Å². The second kappa shape index (κ2) is 7.49. The van der Waals surface area contributed by atoms with Crippen molar-refractivity contribution in [2.45, 2.75) is 17.1 Å². The molecule has 2 rings (SSSR count). The van der Waals surface area contributed by atoms with Crippen LogP contribution in [0.3, 0.4) is 0 Å². The predicted octanol–water partition coefficient (Wildman–Crippen LogP) is 2.86. The normalized spacial score (nSPS) is 10.4. The smallest absolute Gasteiger partial charge is 0.238 e. The van der Waals surface area contributed by atoms with E-state index >= 15 is 0 Å². The maximum atomic E-state index is 11.4. The third kappa shape index (κ3) is 4.49. The molecule has 0 spiro atoms. The second-order valence-corrected chi connectivity index (χ2v) is 6.36. The van der Waals surface area contributed by atoms with Crippen LogP contribution in [0.1, 0.15) is 11.1 Å². The Labute approximate surface area is 136 Å². The largest absolute Gasteiger partial charge is 0.399 e. The highest BCUT2D eigenvalue weighted by Gasteiger charge is 2.08. The first kappa shape index (κ1) is 15.9. The summed E-state index contributed by atoms with van der Waals surface area (Å²) in [5.74, 6) is 5.73. The van der Waals surface area contributed by atoms with E-state index in [4.69, 9.17) is 11.6 Å². The van der Waals surface area contributed by atoms with Gasteiger partial charge in [0.25, 0.3) is 0 Å². The van der Waals surface area contributed by atoms with Crippen LogP contribution >= 0.6 is 27.7 Å². The lowest BCUT2D eigenvalue weighted by atomic mass is 10.1. The summed E-state index contributed by atoms with van der Waals surface area (Å²) in [4.78, 5) is 12.5. The fourth-order valence-corrected chi connectivity index (χ4v) is 3.58. The Kier molecular flexibility index (Phi) is 5.67. The first-order chi connectivity index (χ1) is 10.1. The number of amides is 1. The van der Waals surface area contributed by atoms with E-state index in [9.17, 15) is 4.79 Å². The third-order valence-corrected chi connectivity index (χ3v) is 5.01. The molecule has 1 amide bonds. The average molecular weight is 366 g/mol. The topological polar surface area (TPSA) is 81.1 Å². The molecule has 6 heteroatoms. The van der Waals surface area contributed by atoms with Crippen LogP contribution in [0.2, 0.25) is 0 Å². The summed E-state index contributed by atoms with van der Waals surface area (Å²) in [5, 5.41) is 0. The SMILES string of the molecule is NNC(=O)Cc1ccccc1CSc1ccc(N)cc1Br. The van der Waals surface area contributed by atoms with Crippen molar-refractivity contribution in [2.75, 3.05) is 5.73 Å². The van der Waals surface area contributed by atoms with Gasteiger partial charge in [0.05, 0.1) is 6.42 Å². The molecule has 0 fully saturated rings. The van der Waals surface area contributed by atoms with E-state index in [2.05, 4.69) is 21.4 Å². The number of hydrogen-bond acceptors (Lipinski definition) is 4. The molecule has 2 aromatic rings. The summed E-state index contributed by atoms with van der Waals surface area (Å²) >= 11 is 5.20. The van der Waals surface area contributed by atoms with Gasteiger partial charge in [-0.3, -0.25) is 10.2 Å². The highest BCUT2D eigenvalue weighted by molar-refractivity contribution is 9.10. The molecule has 0 unspecified atom stereocenters. The quantitative estimate of drug-likeness (QED) is 0.250. The molecule has 0 bridgehead atoms. The molecule has 4 nitrogen and oxygen atoms in total. The van der Waals surface area contributed by atoms with Crippen molar-refractivity contribution in [3.8, 4) is 0 Å². The van der Waals surface area contributed by atoms with Crippen LogP contribution in [0, 0.1) is 0 Å². The summed E-state index contributed by atoms with van der Waals surface area (Å²) in [6, 6.07) is 13.6. The van der Waals surface area contributed by atoms with Gasteiger partial charge in [-0.25, -0.2) is 5.84 Å². The van der Waals surface area contributed by atoms with E-state index in [0.717, 1.165) is 31.9 Å². The number of rotatable bonds is 5. The number of nitrogens with one attached hydrogen (secondary N) is 1. The first-order valence-corrected chi connectivity index (χ1v) is 8.12. The lowest BCUT2D eigenvalue weighted by Gasteiger charge is -2.10. The summed E-state index contributed by atoms with van der Waals surface area (Å²) < 4.78 is 0.977. The Morgan fingerprint density at radius 2 is 1.90 bits per heavy atom. The number of hydrazine groups is 1. The number of anilines is 1. The molecule has 110 valence electrons. The number of nitrogens with two attached hydrogens (primary N) is 2. The minimum Gasteiger partial charge on any atom is -0.399 e. The summed E-state index contributed by atoms with van der Waals surface area (Å²) in [5.41, 5.74) is 10.7. The minimum absolute atomic E-state index is 0.193. The highest BCUT2D eigenvalue weighted by Crippen LogP contribution is 2.32. The molecule has 0 aliphatic heterocycles. The standard InChI is InChI=1S/C15H16BrN3OS/c16-13-8-12(17)5-6-14(13)21-9-11-4-2-1-3-10(11)7-15(20)19-18/h1-6,8H,7,9,17-18H2,(H,19,20). The second-order valence-electron chi connectivity index (χ2n) is 4.49. The number of benzene rings is 2. The number of nitrogen functional groups attached to an aromatic ring is 1. The third-order valence-electron chi connectivity index (χ3n) is 2.97. The van der Waals surface area contributed by atoms with Crippen LogP contribution in [0.15, 0.2) is 51.8 Å². The molecule has 0 saturated heterocycles. The van der Waals surface area contributed by atoms with E-state index in [1.807, 2.05) is 42.5 Å². The Hall–Kier alpha value is -1.50. The molecule has 21 heavy (non-hydrogen) atoms. The lowest BCUT2D eigenvalue weighted by molar-refractivity contribution is -0.120. The minimum atomic E-state index is -0.193. The molecule has 5 N–H and O–H groups in total. The molecule has 0 atom stereocenters. The van der Waals surface area contributed by atoms with Crippen LogP contribution in [0.5, 0.6) is 0 Å². The van der Waals surface area contributed by atoms with E-state index in [1.54, 1.807) is 11.8 Å². The molecule has 0 aromatic heterocycles. The number of carbonyl (C=O) groups excluding carboxylic acids is 1. The Morgan fingerprint density at radius 1 is 1.19 bits per heavy atom. The molecule has 0 heterocycles. The van der Waals surface area contributed by atoms with Crippen LogP contribution in [0.4, 0.5) is 5.69 Å².